The molecule has 3 heterocycles. The molecule has 4 aromatic carbocycles. The van der Waals surface area contributed by atoms with Crippen LogP contribution in [0.15, 0.2) is 59.7 Å². The molecule has 0 saturated carbocycles. The Bertz CT molecular complexity index is 2860. The highest BCUT2D eigenvalue weighted by Gasteiger charge is 2.51. The zero-order valence-electron chi connectivity index (χ0n) is 39.6. The molecule has 8 rings (SSSR count). The van der Waals surface area contributed by atoms with Crippen molar-refractivity contribution in [3.8, 4) is 0 Å². The minimum Gasteiger partial charge on any atom is -0.456 e. The van der Waals surface area contributed by atoms with E-state index in [4.69, 9.17) is 32.8 Å². The summed E-state index contributed by atoms with van der Waals surface area (Å²) >= 11 is 0. The number of esters is 3. The Labute approximate surface area is 380 Å². The summed E-state index contributed by atoms with van der Waals surface area (Å²) in [5, 5.41) is 8.99. The molecule has 346 valence electrons. The summed E-state index contributed by atoms with van der Waals surface area (Å²) in [5.74, 6) is -1.95. The van der Waals surface area contributed by atoms with E-state index in [1.54, 1.807) is 10.9 Å². The largest absolute Gasteiger partial charge is 0.456 e. The molecule has 1 aliphatic heterocycles. The van der Waals surface area contributed by atoms with Gasteiger partial charge in [0.15, 0.2) is 46.1 Å². The third-order valence-electron chi connectivity index (χ3n) is 14.1. The second-order valence-electron chi connectivity index (χ2n) is 20.6. The summed E-state index contributed by atoms with van der Waals surface area (Å²) in [6.07, 6.45) is -3.01. The predicted molar refractivity (Wildman–Crippen MR) is 254 cm³/mol. The molecule has 15 nitrogen and oxygen atoms in total. The first-order valence-corrected chi connectivity index (χ1v) is 28.1. The lowest BCUT2D eigenvalue weighted by Crippen LogP contribution is -2.50. The van der Waals surface area contributed by atoms with E-state index in [0.29, 0.717) is 24.2 Å². The molecule has 7 atom stereocenters. The van der Waals surface area contributed by atoms with Gasteiger partial charge in [-0.15, -0.1) is 0 Å². The summed E-state index contributed by atoms with van der Waals surface area (Å²) in [7, 11) is -4.44. The Balaban J connectivity index is 1.25. The van der Waals surface area contributed by atoms with Crippen LogP contribution in [-0.2, 0) is 42.2 Å². The van der Waals surface area contributed by atoms with Gasteiger partial charge in [0, 0.05) is 32.8 Å². The summed E-state index contributed by atoms with van der Waals surface area (Å²) in [5.41, 5.74) is 0.972. The van der Waals surface area contributed by atoms with Gasteiger partial charge in [-0.2, -0.15) is 4.98 Å². The maximum atomic E-state index is 14.0. The van der Waals surface area contributed by atoms with Gasteiger partial charge in [0.05, 0.1) is 25.1 Å². The number of imidazole rings is 1. The Morgan fingerprint density at radius 1 is 0.831 bits per heavy atom. The van der Waals surface area contributed by atoms with Gasteiger partial charge in [0.2, 0.25) is 5.95 Å². The van der Waals surface area contributed by atoms with Crippen LogP contribution in [0.5, 0.6) is 0 Å². The van der Waals surface area contributed by atoms with Crippen molar-refractivity contribution < 1.29 is 42.2 Å². The van der Waals surface area contributed by atoms with Crippen molar-refractivity contribution in [1.29, 1.82) is 0 Å². The fraction of sp³-hybridized carbons (Fsp3) is 0.500. The van der Waals surface area contributed by atoms with Crippen LogP contribution >= 0.6 is 0 Å². The molecule has 2 N–H and O–H groups in total. The Kier molecular flexibility index (Phi) is 11.8. The molecule has 17 heteroatoms. The summed E-state index contributed by atoms with van der Waals surface area (Å²) in [4.78, 5) is 65.1. The van der Waals surface area contributed by atoms with Gasteiger partial charge in [-0.1, -0.05) is 84.0 Å². The second kappa shape index (κ2) is 16.6. The number of hydrogen-bond donors (Lipinski definition) is 2. The van der Waals surface area contributed by atoms with E-state index in [-0.39, 0.29) is 33.3 Å². The average Bonchev–Trinajstić information content (AvgIpc) is 3.81. The van der Waals surface area contributed by atoms with Crippen molar-refractivity contribution in [2.24, 2.45) is 0 Å². The van der Waals surface area contributed by atoms with Crippen molar-refractivity contribution in [2.45, 2.75) is 148 Å². The van der Waals surface area contributed by atoms with E-state index in [2.05, 4.69) is 83.0 Å². The van der Waals surface area contributed by atoms with Crippen molar-refractivity contribution in [3.05, 3.63) is 76.3 Å². The van der Waals surface area contributed by atoms with Crippen molar-refractivity contribution in [2.75, 3.05) is 11.9 Å². The van der Waals surface area contributed by atoms with Gasteiger partial charge in [-0.05, 0) is 80.2 Å². The number of H-pyrrole nitrogens is 1. The lowest BCUT2D eigenvalue weighted by Gasteiger charge is -2.43. The topological polar surface area (TPSA) is 182 Å². The zero-order chi connectivity index (χ0) is 47.1. The third kappa shape index (κ3) is 8.57. The normalized spacial score (nSPS) is 23.0. The van der Waals surface area contributed by atoms with Crippen LogP contribution in [0.1, 0.15) is 98.2 Å². The Morgan fingerprint density at radius 2 is 1.45 bits per heavy atom. The average molecular weight is 924 g/mol. The number of rotatable bonds is 11. The molecule has 1 aliphatic carbocycles. The van der Waals surface area contributed by atoms with E-state index >= 15 is 0 Å². The Morgan fingerprint density at radius 3 is 2.08 bits per heavy atom. The molecule has 0 spiro atoms. The number of ether oxygens (including phenoxy) is 4. The SMILES string of the molecule is CC(=O)O[C@@H]1[C@@H](OC(C)=O)[C@@H](Nc2nc3c(ncn3[C@H]3C[C@H](O[Si](C)(C)C(C)(C)C)[C@@H](CO[Si](C)(C)C(C)(C)C)O3)c(=O)[nH]2)c2c(cc3ccc4cccc5ccc2c3c45)[C@H]1OC(C)=O. The van der Waals surface area contributed by atoms with Crippen LogP contribution < -0.4 is 10.9 Å². The van der Waals surface area contributed by atoms with Crippen LogP contribution in [-0.4, -0.2) is 85.1 Å². The van der Waals surface area contributed by atoms with Crippen LogP contribution in [0.4, 0.5) is 5.95 Å². The highest BCUT2D eigenvalue weighted by atomic mass is 28.4. The van der Waals surface area contributed by atoms with E-state index in [1.165, 1.54) is 20.8 Å². The number of nitrogens with zero attached hydrogens (tertiary/aromatic N) is 3. The van der Waals surface area contributed by atoms with E-state index in [1.807, 2.05) is 48.5 Å². The van der Waals surface area contributed by atoms with Gasteiger partial charge in [-0.25, -0.2) is 4.98 Å². The van der Waals surface area contributed by atoms with Crippen molar-refractivity contribution >= 4 is 84.0 Å². The molecular formula is C48H61N5O10Si2. The number of nitrogens with one attached hydrogen (secondary N) is 2. The highest BCUT2D eigenvalue weighted by Crippen LogP contribution is 2.50. The maximum Gasteiger partial charge on any atom is 0.303 e. The predicted octanol–water partition coefficient (Wildman–Crippen LogP) is 9.35. The summed E-state index contributed by atoms with van der Waals surface area (Å²) in [6, 6.07) is 15.0. The smallest absolute Gasteiger partial charge is 0.303 e. The zero-order valence-corrected chi connectivity index (χ0v) is 41.6. The first-order valence-electron chi connectivity index (χ1n) is 22.3. The van der Waals surface area contributed by atoms with Crippen molar-refractivity contribution in [1.82, 2.24) is 19.5 Å². The standard InChI is InChI=1S/C48H61N5O10Si2/c1-25(54)59-41-32-21-30-18-17-28-15-14-16-29-19-20-31(37(30)36(28)29)38(32)39(42(60-26(2)55)43(41)61-27(3)56)50-46-51-44-40(45(57)52-46)49-24-53(44)35-22-33(63-65(12,13)48(7,8)9)34(62-35)23-58-64(10,11)47(4,5)6/h14-21,24,33-35,39,41-43H,22-23H2,1-13H3,(H2,50,51,52,57)/t33-,34+,35+,39-,41+,42-,43-/m0/s1. The van der Waals surface area contributed by atoms with Gasteiger partial charge in [0.25, 0.3) is 5.56 Å². The molecule has 0 unspecified atom stereocenters. The first-order chi connectivity index (χ1) is 30.3. The third-order valence-corrected chi connectivity index (χ3v) is 23.1. The van der Waals surface area contributed by atoms with Crippen molar-refractivity contribution in [3.63, 3.8) is 0 Å². The number of aromatic amines is 1. The number of fused-ring (bicyclic) bond motifs is 3. The molecule has 0 radical (unpaired) electrons. The molecule has 6 aromatic rings. The minimum absolute atomic E-state index is 0.0135. The molecule has 1 fully saturated rings. The lowest BCUT2D eigenvalue weighted by atomic mass is 9.77. The van der Waals surface area contributed by atoms with Gasteiger partial charge in [-0.3, -0.25) is 28.7 Å². The van der Waals surface area contributed by atoms with Crippen LogP contribution in [0.3, 0.4) is 0 Å². The van der Waals surface area contributed by atoms with Crippen LogP contribution in [0, 0.1) is 0 Å². The highest BCUT2D eigenvalue weighted by molar-refractivity contribution is 6.74. The number of hydrogen-bond acceptors (Lipinski definition) is 13. The molecule has 0 amide bonds. The summed E-state index contributed by atoms with van der Waals surface area (Å²) < 4.78 is 40.3. The quantitative estimate of drug-likeness (QED) is 0.0543. The van der Waals surface area contributed by atoms with Crippen LogP contribution in [0.25, 0.3) is 43.5 Å². The number of carbonyl (C=O) groups is 3. The maximum absolute atomic E-state index is 14.0. The Hall–Kier alpha value is -5.21. The second-order valence-corrected chi connectivity index (χ2v) is 30.2. The van der Waals surface area contributed by atoms with Gasteiger partial charge in [0.1, 0.15) is 12.3 Å². The number of anilines is 1. The molecule has 0 bridgehead atoms. The van der Waals surface area contributed by atoms with E-state index in [9.17, 15) is 19.2 Å². The van der Waals surface area contributed by atoms with Crippen LogP contribution in [0.2, 0.25) is 36.3 Å². The van der Waals surface area contributed by atoms with E-state index < -0.39 is 76.8 Å². The molecule has 2 aromatic heterocycles. The molecule has 65 heavy (non-hydrogen) atoms. The minimum atomic E-state index is -2.28. The van der Waals surface area contributed by atoms with Gasteiger partial charge >= 0.3 is 17.9 Å². The van der Waals surface area contributed by atoms with E-state index in [0.717, 1.165) is 32.3 Å². The number of benzene rings is 4. The first kappa shape index (κ1) is 46.3. The molecule has 1 saturated heterocycles. The fourth-order valence-electron chi connectivity index (χ4n) is 8.81. The number of carbonyl (C=O) groups excluding carboxylic acids is 3. The van der Waals surface area contributed by atoms with Gasteiger partial charge < -0.3 is 33.1 Å². The fourth-order valence-corrected chi connectivity index (χ4v) is 11.2. The monoisotopic (exact) mass is 923 g/mol. The lowest BCUT2D eigenvalue weighted by molar-refractivity contribution is -0.187. The number of aromatic nitrogens is 4. The molecule has 2 aliphatic rings. The summed E-state index contributed by atoms with van der Waals surface area (Å²) in [6.45, 7) is 26.2. The molecular weight excluding hydrogens is 863 g/mol.